The molecule has 0 saturated heterocycles. The first kappa shape index (κ1) is 20.0. The zero-order valence-corrected chi connectivity index (χ0v) is 15.8. The smallest absolute Gasteiger partial charge is 0.255 e. The number of methoxy groups -OCH3 is 1. The van der Waals surface area contributed by atoms with Gasteiger partial charge in [0.1, 0.15) is 5.75 Å². The molecule has 0 aliphatic rings. The van der Waals surface area contributed by atoms with Gasteiger partial charge in [-0.15, -0.1) is 0 Å². The van der Waals surface area contributed by atoms with Crippen molar-refractivity contribution < 1.29 is 19.1 Å². The van der Waals surface area contributed by atoms with Crippen LogP contribution in [0.5, 0.6) is 5.75 Å². The molecule has 7 nitrogen and oxygen atoms in total. The SMILES string of the molecule is COc1ccc(C(N)=O)cc1NC(=O)c1ccc(C(=O)NC(C)(C)C)cc1. The number of hydrogen-bond donors (Lipinski definition) is 3. The molecule has 0 aromatic heterocycles. The van der Waals surface area contributed by atoms with Crippen LogP contribution in [0.1, 0.15) is 51.8 Å². The maximum absolute atomic E-state index is 12.5. The molecule has 3 amide bonds. The number of anilines is 1. The fraction of sp³-hybridized carbons (Fsp3) is 0.250. The van der Waals surface area contributed by atoms with Crippen molar-refractivity contribution in [2.45, 2.75) is 26.3 Å². The lowest BCUT2D eigenvalue weighted by Gasteiger charge is -2.20. The Bertz CT molecular complexity index is 868. The van der Waals surface area contributed by atoms with E-state index in [9.17, 15) is 14.4 Å². The van der Waals surface area contributed by atoms with Gasteiger partial charge in [-0.3, -0.25) is 14.4 Å². The van der Waals surface area contributed by atoms with Crippen LogP contribution >= 0.6 is 0 Å². The van der Waals surface area contributed by atoms with Crippen LogP contribution in [0.4, 0.5) is 5.69 Å². The molecular weight excluding hydrogens is 346 g/mol. The van der Waals surface area contributed by atoms with Crippen molar-refractivity contribution in [3.63, 3.8) is 0 Å². The predicted molar refractivity (Wildman–Crippen MR) is 103 cm³/mol. The minimum Gasteiger partial charge on any atom is -0.495 e. The topological polar surface area (TPSA) is 111 Å². The summed E-state index contributed by atoms with van der Waals surface area (Å²) < 4.78 is 5.19. The molecular formula is C20H23N3O4. The van der Waals surface area contributed by atoms with Crippen molar-refractivity contribution in [3.05, 3.63) is 59.2 Å². The Morgan fingerprint density at radius 2 is 1.41 bits per heavy atom. The number of carbonyl (C=O) groups excluding carboxylic acids is 3. The number of rotatable bonds is 5. The number of nitrogens with two attached hydrogens (primary N) is 1. The summed E-state index contributed by atoms with van der Waals surface area (Å²) in [5.74, 6) is -0.833. The number of amides is 3. The van der Waals surface area contributed by atoms with Gasteiger partial charge < -0.3 is 21.1 Å². The van der Waals surface area contributed by atoms with Crippen LogP contribution in [0, 0.1) is 0 Å². The Morgan fingerprint density at radius 1 is 0.889 bits per heavy atom. The van der Waals surface area contributed by atoms with E-state index in [4.69, 9.17) is 10.5 Å². The van der Waals surface area contributed by atoms with E-state index in [0.29, 0.717) is 22.6 Å². The molecule has 0 fully saturated rings. The predicted octanol–water partition coefficient (Wildman–Crippen LogP) is 2.57. The third-order valence-corrected chi connectivity index (χ3v) is 3.63. The Hall–Kier alpha value is -3.35. The number of hydrogen-bond acceptors (Lipinski definition) is 4. The minimum atomic E-state index is -0.609. The second kappa shape index (κ2) is 7.90. The van der Waals surface area contributed by atoms with E-state index in [2.05, 4.69) is 10.6 Å². The van der Waals surface area contributed by atoms with Crippen molar-refractivity contribution in [2.24, 2.45) is 5.73 Å². The van der Waals surface area contributed by atoms with Gasteiger partial charge in [0.2, 0.25) is 5.91 Å². The lowest BCUT2D eigenvalue weighted by Crippen LogP contribution is -2.40. The second-order valence-corrected chi connectivity index (χ2v) is 7.01. The molecule has 0 heterocycles. The third-order valence-electron chi connectivity index (χ3n) is 3.63. The van der Waals surface area contributed by atoms with Crippen LogP contribution < -0.4 is 21.1 Å². The fourth-order valence-electron chi connectivity index (χ4n) is 2.34. The van der Waals surface area contributed by atoms with E-state index in [1.54, 1.807) is 30.3 Å². The van der Waals surface area contributed by atoms with Gasteiger partial charge in [0.15, 0.2) is 0 Å². The summed E-state index contributed by atoms with van der Waals surface area (Å²) in [6.45, 7) is 5.67. The quantitative estimate of drug-likeness (QED) is 0.752. The van der Waals surface area contributed by atoms with Gasteiger partial charge in [0.25, 0.3) is 11.8 Å². The minimum absolute atomic E-state index is 0.217. The van der Waals surface area contributed by atoms with Crippen LogP contribution in [-0.4, -0.2) is 30.4 Å². The number of ether oxygens (including phenoxy) is 1. The molecule has 0 unspecified atom stereocenters. The van der Waals surface area contributed by atoms with Gasteiger partial charge >= 0.3 is 0 Å². The standard InChI is InChI=1S/C20H23N3O4/c1-20(2,3)23-19(26)13-7-5-12(6-8-13)18(25)22-15-11-14(17(21)24)9-10-16(15)27-4/h5-11H,1-4H3,(H2,21,24)(H,22,25)(H,23,26). The normalized spacial score (nSPS) is 10.8. The Balaban J connectivity index is 2.18. The van der Waals surface area contributed by atoms with Gasteiger partial charge in [-0.1, -0.05) is 0 Å². The van der Waals surface area contributed by atoms with Gasteiger partial charge in [-0.2, -0.15) is 0 Å². The van der Waals surface area contributed by atoms with E-state index in [1.165, 1.54) is 19.2 Å². The highest BCUT2D eigenvalue weighted by molar-refractivity contribution is 6.06. The molecule has 0 saturated carbocycles. The van der Waals surface area contributed by atoms with E-state index < -0.39 is 11.8 Å². The molecule has 2 rings (SSSR count). The Kier molecular flexibility index (Phi) is 5.85. The highest BCUT2D eigenvalue weighted by Crippen LogP contribution is 2.26. The molecule has 2 aromatic carbocycles. The van der Waals surface area contributed by atoms with E-state index in [1.807, 2.05) is 20.8 Å². The van der Waals surface area contributed by atoms with Gasteiger partial charge in [-0.05, 0) is 63.2 Å². The largest absolute Gasteiger partial charge is 0.495 e. The molecule has 0 atom stereocenters. The zero-order valence-electron chi connectivity index (χ0n) is 15.8. The average Bonchev–Trinajstić information content (AvgIpc) is 2.60. The monoisotopic (exact) mass is 369 g/mol. The van der Waals surface area contributed by atoms with Crippen molar-refractivity contribution in [2.75, 3.05) is 12.4 Å². The summed E-state index contributed by atoms with van der Waals surface area (Å²) in [6.07, 6.45) is 0. The second-order valence-electron chi connectivity index (χ2n) is 7.01. The first-order chi connectivity index (χ1) is 12.6. The number of carbonyl (C=O) groups is 3. The lowest BCUT2D eigenvalue weighted by atomic mass is 10.1. The lowest BCUT2D eigenvalue weighted by molar-refractivity contribution is 0.0917. The molecule has 4 N–H and O–H groups in total. The zero-order chi connectivity index (χ0) is 20.2. The van der Waals surface area contributed by atoms with Gasteiger partial charge in [0, 0.05) is 22.2 Å². The summed E-state index contributed by atoms with van der Waals surface area (Å²) in [5, 5.41) is 5.54. The van der Waals surface area contributed by atoms with Crippen LogP contribution in [0.3, 0.4) is 0 Å². The molecule has 0 aliphatic carbocycles. The molecule has 0 spiro atoms. The van der Waals surface area contributed by atoms with Crippen molar-refractivity contribution in [1.29, 1.82) is 0 Å². The van der Waals surface area contributed by atoms with Crippen LogP contribution in [0.2, 0.25) is 0 Å². The first-order valence-electron chi connectivity index (χ1n) is 8.32. The van der Waals surface area contributed by atoms with Gasteiger partial charge in [-0.25, -0.2) is 0 Å². The summed E-state index contributed by atoms with van der Waals surface area (Å²) >= 11 is 0. The van der Waals surface area contributed by atoms with Crippen LogP contribution in [0.15, 0.2) is 42.5 Å². The van der Waals surface area contributed by atoms with Crippen molar-refractivity contribution >= 4 is 23.4 Å². The average molecular weight is 369 g/mol. The summed E-state index contributed by atoms with van der Waals surface area (Å²) in [6, 6.07) is 10.8. The molecule has 0 bridgehead atoms. The molecule has 27 heavy (non-hydrogen) atoms. The highest BCUT2D eigenvalue weighted by Gasteiger charge is 2.16. The highest BCUT2D eigenvalue weighted by atomic mass is 16.5. The van der Waals surface area contributed by atoms with E-state index in [-0.39, 0.29) is 17.0 Å². The molecule has 0 radical (unpaired) electrons. The summed E-state index contributed by atoms with van der Waals surface area (Å²) in [5.41, 5.74) is 6.31. The maximum atomic E-state index is 12.5. The van der Waals surface area contributed by atoms with E-state index >= 15 is 0 Å². The Labute approximate surface area is 157 Å². The fourth-order valence-corrected chi connectivity index (χ4v) is 2.34. The summed E-state index contributed by atoms with van der Waals surface area (Å²) in [4.78, 5) is 36.0. The maximum Gasteiger partial charge on any atom is 0.255 e. The number of benzene rings is 2. The van der Waals surface area contributed by atoms with Gasteiger partial charge in [0.05, 0.1) is 12.8 Å². The van der Waals surface area contributed by atoms with E-state index in [0.717, 1.165) is 0 Å². The first-order valence-corrected chi connectivity index (χ1v) is 8.32. The number of nitrogens with one attached hydrogen (secondary N) is 2. The third kappa shape index (κ3) is 5.31. The van der Waals surface area contributed by atoms with Crippen molar-refractivity contribution in [1.82, 2.24) is 5.32 Å². The molecule has 2 aromatic rings. The number of primary amides is 1. The molecule has 7 heteroatoms. The van der Waals surface area contributed by atoms with Crippen LogP contribution in [-0.2, 0) is 0 Å². The van der Waals surface area contributed by atoms with Crippen LogP contribution in [0.25, 0.3) is 0 Å². The summed E-state index contributed by atoms with van der Waals surface area (Å²) in [7, 11) is 1.46. The van der Waals surface area contributed by atoms with Crippen molar-refractivity contribution in [3.8, 4) is 5.75 Å². The molecule has 0 aliphatic heterocycles. The molecule has 142 valence electrons. The Morgan fingerprint density at radius 3 is 1.89 bits per heavy atom.